The highest BCUT2D eigenvalue weighted by Gasteiger charge is 2.24. The fourth-order valence-electron chi connectivity index (χ4n) is 1.61. The molecule has 0 radical (unpaired) electrons. The third-order valence-corrected chi connectivity index (χ3v) is 2.37. The molecule has 0 fully saturated rings. The minimum atomic E-state index is -0.0383. The lowest BCUT2D eigenvalue weighted by Crippen LogP contribution is -2.04. The molecule has 1 amide bonds. The minimum Gasteiger partial charge on any atom is -0.321 e. The molecule has 0 bridgehead atoms. The summed E-state index contributed by atoms with van der Waals surface area (Å²) in [6, 6.07) is 7.67. The number of nitrogens with one attached hydrogen (secondary N) is 1. The van der Waals surface area contributed by atoms with Gasteiger partial charge in [-0.1, -0.05) is 44.7 Å². The summed E-state index contributed by atoms with van der Waals surface area (Å²) in [5.41, 5.74) is 3.49. The number of rotatable bonds is 1. The number of fused-ring (bicyclic) bond motifs is 1. The van der Waals surface area contributed by atoms with Crippen LogP contribution in [-0.2, 0) is 4.79 Å². The average Bonchev–Trinajstić information content (AvgIpc) is 2.66. The maximum atomic E-state index is 11.6. The van der Waals surface area contributed by atoms with Gasteiger partial charge in [-0.05, 0) is 18.6 Å². The third-order valence-electron chi connectivity index (χ3n) is 2.37. The van der Waals surface area contributed by atoms with Crippen molar-refractivity contribution in [1.29, 1.82) is 0 Å². The average molecular weight is 215 g/mol. The van der Waals surface area contributed by atoms with Gasteiger partial charge in [0.05, 0.1) is 5.57 Å². The molecular weight excluding hydrogens is 198 g/mol. The summed E-state index contributed by atoms with van der Waals surface area (Å²) in [6.45, 7) is 9.57. The van der Waals surface area contributed by atoms with Crippen molar-refractivity contribution in [2.75, 3.05) is 5.32 Å². The van der Waals surface area contributed by atoms with E-state index < -0.39 is 0 Å². The van der Waals surface area contributed by atoms with Crippen LogP contribution in [0.4, 0.5) is 5.69 Å². The molecule has 0 saturated carbocycles. The maximum absolute atomic E-state index is 11.6. The summed E-state index contributed by atoms with van der Waals surface area (Å²) < 4.78 is 0. The number of amides is 1. The Kier molecular flexibility index (Phi) is 4.06. The van der Waals surface area contributed by atoms with Crippen LogP contribution >= 0.6 is 0 Å². The Morgan fingerprint density at radius 1 is 1.31 bits per heavy atom. The summed E-state index contributed by atoms with van der Waals surface area (Å²) in [7, 11) is 0. The van der Waals surface area contributed by atoms with Crippen LogP contribution in [-0.4, -0.2) is 5.91 Å². The van der Waals surface area contributed by atoms with Crippen molar-refractivity contribution in [3.05, 3.63) is 48.1 Å². The lowest BCUT2D eigenvalue weighted by atomic mass is 10.0. The summed E-state index contributed by atoms with van der Waals surface area (Å²) >= 11 is 0. The van der Waals surface area contributed by atoms with Crippen molar-refractivity contribution >= 4 is 17.2 Å². The second-order valence-electron chi connectivity index (χ2n) is 3.26. The first kappa shape index (κ1) is 12.2. The predicted molar refractivity (Wildman–Crippen MR) is 69.2 cm³/mol. The van der Waals surface area contributed by atoms with Crippen molar-refractivity contribution in [3.8, 4) is 0 Å². The highest BCUT2D eigenvalue weighted by molar-refractivity contribution is 6.32. The van der Waals surface area contributed by atoms with Crippen LogP contribution in [0.5, 0.6) is 0 Å². The standard InChI is InChI=1S/C12H11NO.C2H6/c1-3-8(2)11-9-6-4-5-7-10(9)13-12(11)14;1-2/h3-7H,1H2,2H3,(H,13,14);1-2H3/b11-8-;. The molecule has 2 rings (SSSR count). The Balaban J connectivity index is 0.000000606. The quantitative estimate of drug-likeness (QED) is 0.712. The molecule has 1 aromatic rings. The number of allylic oxidation sites excluding steroid dienone is 2. The van der Waals surface area contributed by atoms with Crippen LogP contribution < -0.4 is 5.32 Å². The Morgan fingerprint density at radius 3 is 2.56 bits per heavy atom. The highest BCUT2D eigenvalue weighted by Crippen LogP contribution is 2.33. The highest BCUT2D eigenvalue weighted by atomic mass is 16.2. The zero-order valence-electron chi connectivity index (χ0n) is 10.0. The summed E-state index contributed by atoms with van der Waals surface area (Å²) in [5.74, 6) is -0.0383. The van der Waals surface area contributed by atoms with Gasteiger partial charge in [-0.3, -0.25) is 4.79 Å². The second-order valence-corrected chi connectivity index (χ2v) is 3.26. The van der Waals surface area contributed by atoms with Gasteiger partial charge in [0, 0.05) is 11.3 Å². The molecule has 2 heteroatoms. The van der Waals surface area contributed by atoms with Gasteiger partial charge in [-0.25, -0.2) is 0 Å². The molecule has 16 heavy (non-hydrogen) atoms. The summed E-state index contributed by atoms with van der Waals surface area (Å²) in [4.78, 5) is 11.6. The number of hydrogen-bond donors (Lipinski definition) is 1. The molecule has 84 valence electrons. The van der Waals surface area contributed by atoms with Gasteiger partial charge in [-0.2, -0.15) is 0 Å². The molecule has 1 aromatic carbocycles. The Hall–Kier alpha value is -1.83. The topological polar surface area (TPSA) is 29.1 Å². The van der Waals surface area contributed by atoms with E-state index in [0.717, 1.165) is 22.4 Å². The van der Waals surface area contributed by atoms with Gasteiger partial charge in [-0.15, -0.1) is 0 Å². The van der Waals surface area contributed by atoms with Crippen LogP contribution in [0.25, 0.3) is 5.57 Å². The third kappa shape index (κ3) is 2.06. The van der Waals surface area contributed by atoms with E-state index in [1.165, 1.54) is 0 Å². The number of anilines is 1. The van der Waals surface area contributed by atoms with Crippen molar-refractivity contribution in [2.24, 2.45) is 0 Å². The number of carbonyl (C=O) groups is 1. The zero-order valence-corrected chi connectivity index (χ0v) is 10.0. The molecule has 0 aliphatic carbocycles. The normalized spacial score (nSPS) is 15.6. The number of para-hydroxylation sites is 1. The van der Waals surface area contributed by atoms with Gasteiger partial charge in [0.15, 0.2) is 0 Å². The summed E-state index contributed by atoms with van der Waals surface area (Å²) in [6.07, 6.45) is 1.71. The van der Waals surface area contributed by atoms with Gasteiger partial charge >= 0.3 is 0 Å². The molecule has 1 aliphatic heterocycles. The van der Waals surface area contributed by atoms with E-state index in [9.17, 15) is 4.79 Å². The summed E-state index contributed by atoms with van der Waals surface area (Å²) in [5, 5.41) is 2.82. The molecule has 1 N–H and O–H groups in total. The van der Waals surface area contributed by atoms with Crippen LogP contribution in [0.3, 0.4) is 0 Å². The minimum absolute atomic E-state index is 0.0383. The van der Waals surface area contributed by atoms with Gasteiger partial charge in [0.25, 0.3) is 5.91 Å². The first-order valence-corrected chi connectivity index (χ1v) is 5.48. The Bertz CT molecular complexity index is 444. The van der Waals surface area contributed by atoms with E-state index in [1.54, 1.807) is 6.08 Å². The van der Waals surface area contributed by atoms with Crippen LogP contribution in [0.1, 0.15) is 26.3 Å². The first-order chi connectivity index (χ1) is 7.74. The molecular formula is C14H17NO. The fraction of sp³-hybridized carbons (Fsp3) is 0.214. The Labute approximate surface area is 96.7 Å². The van der Waals surface area contributed by atoms with E-state index in [2.05, 4.69) is 11.9 Å². The maximum Gasteiger partial charge on any atom is 0.256 e. The van der Waals surface area contributed by atoms with E-state index in [4.69, 9.17) is 0 Å². The smallest absolute Gasteiger partial charge is 0.256 e. The van der Waals surface area contributed by atoms with Crippen LogP contribution in [0, 0.1) is 0 Å². The van der Waals surface area contributed by atoms with E-state index in [1.807, 2.05) is 45.0 Å². The second kappa shape index (κ2) is 5.31. The van der Waals surface area contributed by atoms with Gasteiger partial charge in [0.1, 0.15) is 0 Å². The van der Waals surface area contributed by atoms with Crippen molar-refractivity contribution in [1.82, 2.24) is 0 Å². The number of hydrogen-bond acceptors (Lipinski definition) is 1. The Morgan fingerprint density at radius 2 is 1.94 bits per heavy atom. The first-order valence-electron chi connectivity index (χ1n) is 5.48. The van der Waals surface area contributed by atoms with E-state index >= 15 is 0 Å². The van der Waals surface area contributed by atoms with Crippen molar-refractivity contribution < 1.29 is 4.79 Å². The molecule has 0 saturated heterocycles. The van der Waals surface area contributed by atoms with Crippen molar-refractivity contribution in [2.45, 2.75) is 20.8 Å². The molecule has 1 aliphatic rings. The van der Waals surface area contributed by atoms with Crippen LogP contribution in [0.15, 0.2) is 42.5 Å². The molecule has 1 heterocycles. The van der Waals surface area contributed by atoms with Crippen molar-refractivity contribution in [3.63, 3.8) is 0 Å². The number of carbonyl (C=O) groups excluding carboxylic acids is 1. The van der Waals surface area contributed by atoms with Gasteiger partial charge in [0.2, 0.25) is 0 Å². The molecule has 0 spiro atoms. The zero-order chi connectivity index (χ0) is 12.1. The SMILES string of the molecule is C=C/C(C)=C1\C(=O)Nc2ccccc21.CC. The van der Waals surface area contributed by atoms with Gasteiger partial charge < -0.3 is 5.32 Å². The molecule has 0 unspecified atom stereocenters. The lowest BCUT2D eigenvalue weighted by molar-refractivity contribution is -0.110. The molecule has 2 nitrogen and oxygen atoms in total. The lowest BCUT2D eigenvalue weighted by Gasteiger charge is -1.99. The molecule has 0 aromatic heterocycles. The van der Waals surface area contributed by atoms with E-state index in [-0.39, 0.29) is 5.91 Å². The number of benzene rings is 1. The largest absolute Gasteiger partial charge is 0.321 e. The van der Waals surface area contributed by atoms with E-state index in [0.29, 0.717) is 0 Å². The predicted octanol–water partition coefficient (Wildman–Crippen LogP) is 3.62. The van der Waals surface area contributed by atoms with Crippen LogP contribution in [0.2, 0.25) is 0 Å². The molecule has 0 atom stereocenters. The fourth-order valence-corrected chi connectivity index (χ4v) is 1.61. The monoisotopic (exact) mass is 215 g/mol.